The monoisotopic (exact) mass is 356 g/mol. The number of rotatable bonds is 2. The zero-order valence-corrected chi connectivity index (χ0v) is 12.5. The van der Waals surface area contributed by atoms with Crippen LogP contribution in [0.4, 0.5) is 24.7 Å². The molecular formula is C15H8ClF3N2O3. The number of nitrogens with zero attached hydrogens (tertiary/aromatic N) is 2. The number of benzene rings is 1. The first-order chi connectivity index (χ1) is 11.3. The molecule has 9 heteroatoms. The van der Waals surface area contributed by atoms with Gasteiger partial charge in [0.1, 0.15) is 23.4 Å². The van der Waals surface area contributed by atoms with Crippen molar-refractivity contribution in [1.82, 2.24) is 4.98 Å². The van der Waals surface area contributed by atoms with Crippen LogP contribution in [0.1, 0.15) is 10.4 Å². The minimum Gasteiger partial charge on any atom is -0.481 e. The fourth-order valence-electron chi connectivity index (χ4n) is 2.49. The number of aromatic nitrogens is 1. The van der Waals surface area contributed by atoms with Crippen LogP contribution >= 0.6 is 11.6 Å². The molecule has 2 aromatic rings. The third-order valence-electron chi connectivity index (χ3n) is 3.61. The molecule has 0 spiro atoms. The summed E-state index contributed by atoms with van der Waals surface area (Å²) >= 11 is 5.62. The number of carbonyl (C=O) groups is 2. The Bertz CT molecular complexity index is 875. The van der Waals surface area contributed by atoms with Crippen LogP contribution < -0.4 is 4.90 Å². The van der Waals surface area contributed by atoms with E-state index in [1.165, 1.54) is 0 Å². The van der Waals surface area contributed by atoms with E-state index in [4.69, 9.17) is 11.6 Å². The SMILES string of the molecule is O=C(O)C1CN(c2ccc(F)cc2F)c2nc(Cl)c(F)cc2C1=O. The Balaban J connectivity index is 2.23. The van der Waals surface area contributed by atoms with E-state index in [-0.39, 0.29) is 17.1 Å². The molecule has 3 rings (SSSR count). The van der Waals surface area contributed by atoms with E-state index in [1.807, 2.05) is 0 Å². The standard InChI is InChI=1S/C15H8ClF3N2O3/c16-13-10(19)4-7-12(22)8(15(23)24)5-21(14(7)20-13)11-2-1-6(17)3-9(11)18/h1-4,8H,5H2,(H,23,24). The normalized spacial score (nSPS) is 16.9. The van der Waals surface area contributed by atoms with Crippen LogP contribution in [0.25, 0.3) is 0 Å². The molecule has 1 aliphatic heterocycles. The van der Waals surface area contributed by atoms with Gasteiger partial charge >= 0.3 is 5.97 Å². The second-order valence-electron chi connectivity index (χ2n) is 5.09. The van der Waals surface area contributed by atoms with Crippen LogP contribution in [0.3, 0.4) is 0 Å². The van der Waals surface area contributed by atoms with E-state index < -0.39 is 46.8 Å². The van der Waals surface area contributed by atoms with Gasteiger partial charge in [-0.15, -0.1) is 0 Å². The summed E-state index contributed by atoms with van der Waals surface area (Å²) in [4.78, 5) is 28.3. The molecule has 0 bridgehead atoms. The van der Waals surface area contributed by atoms with Crippen molar-refractivity contribution in [2.24, 2.45) is 5.92 Å². The third-order valence-corrected chi connectivity index (χ3v) is 3.88. The van der Waals surface area contributed by atoms with E-state index in [9.17, 15) is 27.9 Å². The lowest BCUT2D eigenvalue weighted by Crippen LogP contribution is -2.41. The number of hydrogen-bond donors (Lipinski definition) is 1. The number of aliphatic carboxylic acids is 1. The summed E-state index contributed by atoms with van der Waals surface area (Å²) in [5.74, 6) is -6.87. The molecule has 1 aromatic heterocycles. The molecule has 24 heavy (non-hydrogen) atoms. The molecule has 1 aromatic carbocycles. The number of anilines is 2. The highest BCUT2D eigenvalue weighted by Gasteiger charge is 2.39. The van der Waals surface area contributed by atoms with Gasteiger partial charge in [-0.2, -0.15) is 0 Å². The van der Waals surface area contributed by atoms with E-state index in [0.717, 1.165) is 23.1 Å². The summed E-state index contributed by atoms with van der Waals surface area (Å²) in [6.45, 7) is -0.446. The number of ketones is 1. The summed E-state index contributed by atoms with van der Waals surface area (Å²) < 4.78 is 40.8. The van der Waals surface area contributed by atoms with Crippen LogP contribution in [0.2, 0.25) is 5.15 Å². The Morgan fingerprint density at radius 1 is 1.25 bits per heavy atom. The number of hydrogen-bond acceptors (Lipinski definition) is 4. The van der Waals surface area contributed by atoms with Gasteiger partial charge in [0, 0.05) is 12.6 Å². The van der Waals surface area contributed by atoms with Crippen LogP contribution in [0, 0.1) is 23.4 Å². The second kappa shape index (κ2) is 5.79. The van der Waals surface area contributed by atoms with Gasteiger partial charge in [-0.3, -0.25) is 9.59 Å². The number of Topliss-reactive ketones (excluding diaryl/α,β-unsaturated/α-hetero) is 1. The summed E-state index contributed by atoms with van der Waals surface area (Å²) in [5.41, 5.74) is -0.536. The molecule has 0 saturated carbocycles. The molecule has 0 fully saturated rings. The van der Waals surface area contributed by atoms with Crippen molar-refractivity contribution in [3.05, 3.63) is 52.4 Å². The van der Waals surface area contributed by atoms with Crippen LogP contribution in [0.15, 0.2) is 24.3 Å². The van der Waals surface area contributed by atoms with Crippen molar-refractivity contribution in [3.8, 4) is 0 Å². The highest BCUT2D eigenvalue weighted by atomic mass is 35.5. The predicted octanol–water partition coefficient (Wildman–Crippen LogP) is 3.19. The minimum absolute atomic E-state index is 0.186. The summed E-state index contributed by atoms with van der Waals surface area (Å²) in [6.07, 6.45) is 0. The average Bonchev–Trinajstić information content (AvgIpc) is 2.50. The van der Waals surface area contributed by atoms with E-state index in [2.05, 4.69) is 4.98 Å². The molecular weight excluding hydrogens is 349 g/mol. The maximum absolute atomic E-state index is 14.1. The molecule has 1 atom stereocenters. The van der Waals surface area contributed by atoms with Crippen molar-refractivity contribution >= 4 is 34.9 Å². The predicted molar refractivity (Wildman–Crippen MR) is 78.0 cm³/mol. The zero-order valence-electron chi connectivity index (χ0n) is 11.8. The van der Waals surface area contributed by atoms with Gasteiger partial charge in [0.05, 0.1) is 11.3 Å². The number of fused-ring (bicyclic) bond motifs is 1. The molecule has 1 aliphatic rings. The smallest absolute Gasteiger partial charge is 0.316 e. The fraction of sp³-hybridized carbons (Fsp3) is 0.133. The Kier molecular flexibility index (Phi) is 3.92. The Hall–Kier alpha value is -2.61. The number of pyridine rings is 1. The van der Waals surface area contributed by atoms with Gasteiger partial charge in [0.2, 0.25) is 0 Å². The quantitative estimate of drug-likeness (QED) is 0.661. The van der Waals surface area contributed by atoms with Crippen molar-refractivity contribution in [3.63, 3.8) is 0 Å². The topological polar surface area (TPSA) is 70.5 Å². The Morgan fingerprint density at radius 3 is 2.58 bits per heavy atom. The number of carboxylic acid groups (broad SMARTS) is 1. The number of carboxylic acids is 1. The Labute approximate surface area is 138 Å². The first kappa shape index (κ1) is 16.3. The van der Waals surface area contributed by atoms with Crippen LogP contribution in [-0.4, -0.2) is 28.4 Å². The molecule has 0 radical (unpaired) electrons. The lowest BCUT2D eigenvalue weighted by atomic mass is 9.92. The molecule has 2 heterocycles. The Morgan fingerprint density at radius 2 is 1.96 bits per heavy atom. The third kappa shape index (κ3) is 2.58. The fourth-order valence-corrected chi connectivity index (χ4v) is 2.62. The number of halogens is 4. The van der Waals surface area contributed by atoms with Gasteiger partial charge in [0.15, 0.2) is 16.8 Å². The maximum atomic E-state index is 14.1. The summed E-state index contributed by atoms with van der Waals surface area (Å²) in [6, 6.07) is 3.40. The molecule has 1 N–H and O–H groups in total. The largest absolute Gasteiger partial charge is 0.481 e. The van der Waals surface area contributed by atoms with Crippen molar-refractivity contribution in [2.75, 3.05) is 11.4 Å². The highest BCUT2D eigenvalue weighted by Crippen LogP contribution is 2.37. The van der Waals surface area contributed by atoms with Gasteiger partial charge in [-0.25, -0.2) is 18.2 Å². The van der Waals surface area contributed by atoms with Gasteiger partial charge in [-0.05, 0) is 18.2 Å². The van der Waals surface area contributed by atoms with Crippen molar-refractivity contribution in [2.45, 2.75) is 0 Å². The molecule has 124 valence electrons. The van der Waals surface area contributed by atoms with E-state index in [0.29, 0.717) is 6.07 Å². The summed E-state index contributed by atoms with van der Waals surface area (Å²) in [5, 5.41) is 8.64. The van der Waals surface area contributed by atoms with E-state index >= 15 is 0 Å². The van der Waals surface area contributed by atoms with Gasteiger partial charge < -0.3 is 10.0 Å². The molecule has 1 unspecified atom stereocenters. The van der Waals surface area contributed by atoms with Crippen molar-refractivity contribution < 1.29 is 27.9 Å². The average molecular weight is 357 g/mol. The minimum atomic E-state index is -1.55. The lowest BCUT2D eigenvalue weighted by Gasteiger charge is -2.32. The van der Waals surface area contributed by atoms with Crippen LogP contribution in [-0.2, 0) is 4.79 Å². The number of carbonyl (C=O) groups excluding carboxylic acids is 1. The molecule has 0 aliphatic carbocycles. The van der Waals surface area contributed by atoms with Crippen molar-refractivity contribution in [1.29, 1.82) is 0 Å². The van der Waals surface area contributed by atoms with Gasteiger partial charge in [-0.1, -0.05) is 11.6 Å². The first-order valence-electron chi connectivity index (χ1n) is 6.65. The van der Waals surface area contributed by atoms with Crippen LogP contribution in [0.5, 0.6) is 0 Å². The molecule has 0 amide bonds. The van der Waals surface area contributed by atoms with E-state index in [1.54, 1.807) is 0 Å². The molecule has 0 saturated heterocycles. The molecule has 5 nitrogen and oxygen atoms in total. The van der Waals surface area contributed by atoms with Gasteiger partial charge in [0.25, 0.3) is 0 Å². The lowest BCUT2D eigenvalue weighted by molar-refractivity contribution is -0.139. The highest BCUT2D eigenvalue weighted by molar-refractivity contribution is 6.30. The maximum Gasteiger partial charge on any atom is 0.316 e. The zero-order chi connectivity index (χ0) is 17.6. The first-order valence-corrected chi connectivity index (χ1v) is 7.03. The summed E-state index contributed by atoms with van der Waals surface area (Å²) in [7, 11) is 0. The second-order valence-corrected chi connectivity index (χ2v) is 5.45.